The van der Waals surface area contributed by atoms with Gasteiger partial charge in [0.05, 0.1) is 208 Å². The number of hydrogen-bond donors (Lipinski definition) is 12. The molecule has 0 spiro atoms. The van der Waals surface area contributed by atoms with E-state index >= 15 is 0 Å². The Labute approximate surface area is 503 Å². The third kappa shape index (κ3) is 26.5. The van der Waals surface area contributed by atoms with Gasteiger partial charge in [-0.15, -0.1) is 15.7 Å². The molecule has 3 fully saturated rings. The van der Waals surface area contributed by atoms with Crippen LogP contribution in [0.1, 0.15) is 44.0 Å². The first-order valence-corrected chi connectivity index (χ1v) is 29.3. The predicted octanol–water partition coefficient (Wildman–Crippen LogP) is -6.31. The Morgan fingerprint density at radius 1 is 0.586 bits per heavy atom. The highest BCUT2D eigenvalue weighted by atomic mass is 16.7. The van der Waals surface area contributed by atoms with Crippen molar-refractivity contribution in [2.24, 2.45) is 0 Å². The van der Waals surface area contributed by atoms with Gasteiger partial charge in [0.2, 0.25) is 5.91 Å². The third-order valence-electron chi connectivity index (χ3n) is 13.5. The molecule has 3 saturated heterocycles. The van der Waals surface area contributed by atoms with Gasteiger partial charge in [0.25, 0.3) is 0 Å². The number of amides is 1. The van der Waals surface area contributed by atoms with Crippen molar-refractivity contribution in [1.29, 1.82) is 0 Å². The molecule has 13 atom stereocenters. The van der Waals surface area contributed by atoms with Gasteiger partial charge in [0.15, 0.2) is 18.9 Å². The molecular formula is C52H92N10O25. The SMILES string of the molecule is CCCC(=O)NC(COCC1=CN(CCOCCOCCO[C@@H]2O[C@H](CO)[C@H](O)[C@H](O)[C@H]2O)NN1)(COCc1cn(CCOCCOCCO[C@@H]2OC[C@H](O)C[C@H]2O)nn1)COCc1cn(CCOCCOCCO[C@@H]2OC(CO)[C@H](O)C[C@H]2O)nn1. The van der Waals surface area contributed by atoms with Gasteiger partial charge >= 0.3 is 0 Å². The molecule has 6 heterocycles. The van der Waals surface area contributed by atoms with Crippen molar-refractivity contribution in [3.8, 4) is 0 Å². The predicted molar refractivity (Wildman–Crippen MR) is 292 cm³/mol. The molecule has 2 aromatic rings. The van der Waals surface area contributed by atoms with E-state index in [1.165, 1.54) is 0 Å². The van der Waals surface area contributed by atoms with Crippen molar-refractivity contribution in [1.82, 2.24) is 51.3 Å². The summed E-state index contributed by atoms with van der Waals surface area (Å²) in [7, 11) is 0. The van der Waals surface area contributed by atoms with Crippen LogP contribution in [0.25, 0.3) is 0 Å². The van der Waals surface area contributed by atoms with Gasteiger partial charge in [-0.05, 0) is 6.42 Å². The number of hydrogen-bond acceptors (Lipinski definition) is 32. The molecule has 35 nitrogen and oxygen atoms in total. The normalized spacial score (nSPS) is 26.7. The van der Waals surface area contributed by atoms with E-state index < -0.39 is 92.6 Å². The van der Waals surface area contributed by atoms with E-state index in [9.17, 15) is 50.8 Å². The van der Waals surface area contributed by atoms with Crippen LogP contribution in [-0.2, 0) is 102 Å². The summed E-state index contributed by atoms with van der Waals surface area (Å²) >= 11 is 0. The lowest BCUT2D eigenvalue weighted by molar-refractivity contribution is -0.302. The average molecular weight is 1260 g/mol. The van der Waals surface area contributed by atoms with E-state index in [1.54, 1.807) is 26.8 Å². The second-order valence-corrected chi connectivity index (χ2v) is 20.8. The summed E-state index contributed by atoms with van der Waals surface area (Å²) in [6, 6.07) is 0. The molecule has 0 aliphatic carbocycles. The van der Waals surface area contributed by atoms with Gasteiger partial charge in [0, 0.05) is 25.5 Å². The van der Waals surface area contributed by atoms with Crippen LogP contribution in [-0.4, -0.2) is 318 Å². The highest BCUT2D eigenvalue weighted by molar-refractivity contribution is 5.76. The van der Waals surface area contributed by atoms with Gasteiger partial charge in [-0.25, -0.2) is 9.36 Å². The first-order valence-electron chi connectivity index (χ1n) is 29.3. The summed E-state index contributed by atoms with van der Waals surface area (Å²) in [5.74, 6) is -0.233. The van der Waals surface area contributed by atoms with Crippen molar-refractivity contribution in [3.05, 3.63) is 35.7 Å². The Morgan fingerprint density at radius 2 is 1.08 bits per heavy atom. The maximum absolute atomic E-state index is 13.4. The van der Waals surface area contributed by atoms with E-state index in [0.29, 0.717) is 82.8 Å². The monoisotopic (exact) mass is 1260 g/mol. The highest BCUT2D eigenvalue weighted by Gasteiger charge is 2.44. The Morgan fingerprint density at radius 3 is 1.63 bits per heavy atom. The van der Waals surface area contributed by atoms with Crippen molar-refractivity contribution < 1.29 is 122 Å². The Balaban J connectivity index is 0.915. The molecule has 0 aromatic carbocycles. The Bertz CT molecular complexity index is 2180. The summed E-state index contributed by atoms with van der Waals surface area (Å²) in [5.41, 5.74) is 6.67. The molecular weight excluding hydrogens is 1160 g/mol. The van der Waals surface area contributed by atoms with Crippen molar-refractivity contribution in [2.75, 3.05) is 152 Å². The van der Waals surface area contributed by atoms with E-state index in [-0.39, 0.29) is 131 Å². The van der Waals surface area contributed by atoms with Gasteiger partial charge < -0.3 is 128 Å². The molecule has 4 aliphatic heterocycles. The lowest BCUT2D eigenvalue weighted by Gasteiger charge is -2.39. The molecule has 87 heavy (non-hydrogen) atoms. The van der Waals surface area contributed by atoms with E-state index in [0.717, 1.165) is 0 Å². The molecule has 0 saturated carbocycles. The molecule has 6 rings (SSSR count). The number of hydrazine groups is 2. The molecule has 0 bridgehead atoms. The molecule has 500 valence electrons. The van der Waals surface area contributed by atoms with E-state index in [2.05, 4.69) is 36.9 Å². The minimum absolute atomic E-state index is 0.0184. The lowest BCUT2D eigenvalue weighted by atomic mass is 9.99. The first-order chi connectivity index (χ1) is 42.3. The van der Waals surface area contributed by atoms with Crippen LogP contribution in [0, 0.1) is 0 Å². The number of carbonyl (C=O) groups excluding carboxylic acids is 1. The van der Waals surface area contributed by atoms with Crippen molar-refractivity contribution >= 4 is 5.91 Å². The van der Waals surface area contributed by atoms with Crippen LogP contribution >= 0.6 is 0 Å². The van der Waals surface area contributed by atoms with Crippen LogP contribution < -0.4 is 16.3 Å². The maximum atomic E-state index is 13.4. The quantitative estimate of drug-likeness (QED) is 0.0274. The third-order valence-corrected chi connectivity index (χ3v) is 13.5. The molecule has 2 aromatic heterocycles. The fraction of sp³-hybridized carbons (Fsp3) is 0.865. The second kappa shape index (κ2) is 40.8. The fourth-order valence-electron chi connectivity index (χ4n) is 8.93. The number of nitrogens with one attached hydrogen (secondary N) is 3. The summed E-state index contributed by atoms with van der Waals surface area (Å²) in [6.07, 6.45) is -6.69. The number of aliphatic hydroxyl groups is 9. The fourth-order valence-corrected chi connectivity index (χ4v) is 8.93. The van der Waals surface area contributed by atoms with Crippen molar-refractivity contribution in [3.63, 3.8) is 0 Å². The zero-order valence-electron chi connectivity index (χ0n) is 49.3. The summed E-state index contributed by atoms with van der Waals surface area (Å²) in [4.78, 5) is 13.4. The first kappa shape index (κ1) is 72.2. The number of ether oxygens (including phenoxy) is 15. The molecule has 35 heteroatoms. The number of nitrogens with zero attached hydrogens (tertiary/aromatic N) is 7. The smallest absolute Gasteiger partial charge is 0.220 e. The number of rotatable bonds is 47. The summed E-state index contributed by atoms with van der Waals surface area (Å²) in [5, 5.41) is 110. The van der Waals surface area contributed by atoms with Gasteiger partial charge in [0.1, 0.15) is 59.7 Å². The second-order valence-electron chi connectivity index (χ2n) is 20.8. The lowest BCUT2D eigenvalue weighted by Crippen LogP contribution is -2.59. The molecule has 2 unspecified atom stereocenters. The Hall–Kier alpha value is -3.91. The standard InChI is InChI=1S/C52H92N10O25/c1-2-3-45(69)53-52(33-79-29-36-24-60(57-54-36)4-7-73-10-13-76-16-19-82-49-41(67)22-39(65)32-85-49,34-80-30-37-25-61(58-55-37)5-8-74-11-14-77-17-20-83-50-42(68)23-40(66)43(27-63)86-50)35-81-31-38-26-62(59-56-38)6-9-75-12-15-78-18-21-84-51-48(72)47(71)46(70)44(28-64)87-51/h24-26,39-44,46-51,56,59,63-68,70-72H,2-23,27-35H2,1H3,(H,53,69)/t39-,40-,41-,42-,43?,44-,46+,47+,48-,49-,50-,51-,52?/m1/s1. The van der Waals surface area contributed by atoms with Crippen LogP contribution in [0.4, 0.5) is 0 Å². The minimum Gasteiger partial charge on any atom is -0.394 e. The largest absolute Gasteiger partial charge is 0.394 e. The van der Waals surface area contributed by atoms with Crippen LogP contribution in [0.5, 0.6) is 0 Å². The molecule has 4 aliphatic rings. The zero-order chi connectivity index (χ0) is 62.1. The van der Waals surface area contributed by atoms with Crippen LogP contribution in [0.2, 0.25) is 0 Å². The zero-order valence-corrected chi connectivity index (χ0v) is 49.3. The highest BCUT2D eigenvalue weighted by Crippen LogP contribution is 2.23. The molecule has 0 radical (unpaired) electrons. The number of aliphatic hydroxyl groups excluding tert-OH is 9. The Kier molecular flexibility index (Phi) is 33.8. The van der Waals surface area contributed by atoms with Crippen LogP contribution in [0.3, 0.4) is 0 Å². The van der Waals surface area contributed by atoms with E-state index in [1.807, 2.05) is 13.1 Å². The molecule has 12 N–H and O–H groups in total. The number of aromatic nitrogens is 6. The van der Waals surface area contributed by atoms with Gasteiger partial charge in [-0.2, -0.15) is 0 Å². The minimum atomic E-state index is -1.53. The summed E-state index contributed by atoms with van der Waals surface area (Å²) in [6.45, 7) is 6.06. The van der Waals surface area contributed by atoms with Crippen LogP contribution in [0.15, 0.2) is 24.3 Å². The van der Waals surface area contributed by atoms with Gasteiger partial charge in [-0.3, -0.25) is 9.80 Å². The average Bonchev–Trinajstić information content (AvgIpc) is 3.96. The molecule has 1 amide bonds. The van der Waals surface area contributed by atoms with Crippen molar-refractivity contribution in [2.45, 2.75) is 138 Å². The number of carbonyl (C=O) groups is 1. The summed E-state index contributed by atoms with van der Waals surface area (Å²) < 4.78 is 88.2. The topological polar surface area (TPSA) is 438 Å². The maximum Gasteiger partial charge on any atom is 0.220 e. The van der Waals surface area contributed by atoms with E-state index in [4.69, 9.17) is 71.1 Å². The van der Waals surface area contributed by atoms with Gasteiger partial charge in [-0.1, -0.05) is 17.4 Å².